The normalized spacial score (nSPS) is 23.4. The molecule has 1 fully saturated rings. The summed E-state index contributed by atoms with van der Waals surface area (Å²) in [5.41, 5.74) is 1.28. The van der Waals surface area contributed by atoms with Crippen LogP contribution in [0.25, 0.3) is 6.08 Å². The molecule has 19 heavy (non-hydrogen) atoms. The molecule has 0 aromatic carbocycles. The van der Waals surface area contributed by atoms with Crippen LogP contribution in [0, 0.1) is 13.8 Å². The van der Waals surface area contributed by atoms with Crippen molar-refractivity contribution >= 4 is 29.7 Å². The number of carbonyl (C=O) groups excluding carboxylic acids is 1. The fourth-order valence-electron chi connectivity index (χ4n) is 2.09. The highest BCUT2D eigenvalue weighted by Gasteiger charge is 2.49. The first-order valence-electron chi connectivity index (χ1n) is 5.57. The quantitative estimate of drug-likeness (QED) is 0.652. The van der Waals surface area contributed by atoms with Crippen LogP contribution in [0.1, 0.15) is 17.3 Å². The van der Waals surface area contributed by atoms with Crippen LogP contribution in [-0.4, -0.2) is 32.2 Å². The van der Waals surface area contributed by atoms with Crippen LogP contribution in [-0.2, 0) is 9.59 Å². The average molecular weight is 278 g/mol. The first-order chi connectivity index (χ1) is 8.99. The van der Waals surface area contributed by atoms with Crippen molar-refractivity contribution in [3.05, 3.63) is 34.0 Å². The number of β-lactam (4-membered cyclic amide) rings is 1. The molecule has 1 aromatic rings. The maximum absolute atomic E-state index is 12.0. The third-order valence-electron chi connectivity index (χ3n) is 2.98. The molecular weight excluding hydrogens is 268 g/mol. The summed E-state index contributed by atoms with van der Waals surface area (Å²) in [6, 6.07) is 0. The molecule has 2 aliphatic rings. The monoisotopic (exact) mass is 278 g/mol. The number of hydrogen-bond donors (Lipinski definition) is 1. The summed E-state index contributed by atoms with van der Waals surface area (Å²) < 4.78 is 5.39. The van der Waals surface area contributed by atoms with Crippen molar-refractivity contribution in [3.8, 4) is 0 Å². The molecule has 6 nitrogen and oxygen atoms in total. The summed E-state index contributed by atoms with van der Waals surface area (Å²) >= 11 is 1.30. The van der Waals surface area contributed by atoms with E-state index in [1.807, 2.05) is 0 Å². The van der Waals surface area contributed by atoms with Crippen LogP contribution in [0.5, 0.6) is 0 Å². The zero-order valence-corrected chi connectivity index (χ0v) is 11.0. The molecule has 98 valence electrons. The largest absolute Gasteiger partial charge is 0.477 e. The number of aryl methyl sites for hydroxylation is 2. The highest BCUT2D eigenvalue weighted by Crippen LogP contribution is 2.45. The molecular formula is C12H10N2O4S. The minimum atomic E-state index is -1.09. The molecule has 0 unspecified atom stereocenters. The lowest BCUT2D eigenvalue weighted by molar-refractivity contribution is -0.141. The number of hydrogen-bond acceptors (Lipinski definition) is 5. The molecule has 2 aliphatic heterocycles. The molecule has 0 radical (unpaired) electrons. The minimum Gasteiger partial charge on any atom is -0.477 e. The van der Waals surface area contributed by atoms with Crippen molar-refractivity contribution in [2.75, 3.05) is 0 Å². The van der Waals surface area contributed by atoms with Crippen molar-refractivity contribution in [2.24, 2.45) is 0 Å². The third kappa shape index (κ3) is 1.69. The molecule has 0 spiro atoms. The van der Waals surface area contributed by atoms with Gasteiger partial charge in [0.25, 0.3) is 5.91 Å². The standard InChI is InChI=1S/C12H10N2O4S/c1-5-9(18-6(2)13-5)3-7-10(15)14-8(12(16)17)4-19-11(7)14/h3-4,11H,1-2H3,(H,16,17)/t11-/m1/s1. The van der Waals surface area contributed by atoms with Crippen molar-refractivity contribution in [1.29, 1.82) is 0 Å². The van der Waals surface area contributed by atoms with Gasteiger partial charge in [0.1, 0.15) is 11.1 Å². The number of fused-ring (bicyclic) bond motifs is 1. The van der Waals surface area contributed by atoms with Gasteiger partial charge in [-0.05, 0) is 13.0 Å². The van der Waals surface area contributed by atoms with Gasteiger partial charge < -0.3 is 9.52 Å². The molecule has 1 saturated heterocycles. The van der Waals surface area contributed by atoms with Crippen molar-refractivity contribution < 1.29 is 19.1 Å². The topological polar surface area (TPSA) is 83.6 Å². The Hall–Kier alpha value is -2.02. The van der Waals surface area contributed by atoms with Gasteiger partial charge in [0, 0.05) is 12.3 Å². The average Bonchev–Trinajstić information content (AvgIpc) is 2.87. The van der Waals surface area contributed by atoms with Gasteiger partial charge in [-0.25, -0.2) is 9.78 Å². The SMILES string of the molecule is Cc1nc(C)c(C=C2C(=O)N3C(C(=O)O)=CS[C@H]23)o1. The number of amides is 1. The zero-order chi connectivity index (χ0) is 13.7. The van der Waals surface area contributed by atoms with E-state index in [2.05, 4.69) is 4.98 Å². The highest BCUT2D eigenvalue weighted by molar-refractivity contribution is 8.03. The van der Waals surface area contributed by atoms with Crippen LogP contribution in [0.2, 0.25) is 0 Å². The Morgan fingerprint density at radius 2 is 2.32 bits per heavy atom. The molecule has 1 N–H and O–H groups in total. The number of nitrogens with zero attached hydrogens (tertiary/aromatic N) is 2. The lowest BCUT2D eigenvalue weighted by Gasteiger charge is -2.36. The second-order valence-corrected chi connectivity index (χ2v) is 5.21. The summed E-state index contributed by atoms with van der Waals surface area (Å²) in [4.78, 5) is 28.3. The van der Waals surface area contributed by atoms with Crippen molar-refractivity contribution in [3.63, 3.8) is 0 Å². The lowest BCUT2D eigenvalue weighted by atomic mass is 10.0. The van der Waals surface area contributed by atoms with E-state index >= 15 is 0 Å². The van der Waals surface area contributed by atoms with Gasteiger partial charge in [-0.1, -0.05) is 0 Å². The molecule has 1 amide bonds. The smallest absolute Gasteiger partial charge is 0.353 e. The van der Waals surface area contributed by atoms with Crippen molar-refractivity contribution in [1.82, 2.24) is 9.88 Å². The number of oxazole rings is 1. The number of carbonyl (C=O) groups is 2. The fourth-order valence-corrected chi connectivity index (χ4v) is 3.21. The Morgan fingerprint density at radius 1 is 1.58 bits per heavy atom. The van der Waals surface area contributed by atoms with Gasteiger partial charge >= 0.3 is 5.97 Å². The van der Waals surface area contributed by atoms with E-state index in [-0.39, 0.29) is 17.0 Å². The predicted octanol–water partition coefficient (Wildman–Crippen LogP) is 1.52. The number of carboxylic acid groups (broad SMARTS) is 1. The van der Waals surface area contributed by atoms with E-state index in [4.69, 9.17) is 9.52 Å². The van der Waals surface area contributed by atoms with Gasteiger partial charge in [0.05, 0.1) is 11.3 Å². The van der Waals surface area contributed by atoms with E-state index < -0.39 is 5.97 Å². The van der Waals surface area contributed by atoms with Crippen molar-refractivity contribution in [2.45, 2.75) is 19.2 Å². The third-order valence-corrected chi connectivity index (χ3v) is 4.06. The van der Waals surface area contributed by atoms with Crippen LogP contribution in [0.3, 0.4) is 0 Å². The van der Waals surface area contributed by atoms with Gasteiger partial charge in [0.2, 0.25) is 0 Å². The highest BCUT2D eigenvalue weighted by atomic mass is 32.2. The summed E-state index contributed by atoms with van der Waals surface area (Å²) in [5, 5.41) is 10.2. The van der Waals surface area contributed by atoms with Crippen LogP contribution < -0.4 is 0 Å². The summed E-state index contributed by atoms with van der Waals surface area (Å²) in [6.07, 6.45) is 1.64. The van der Waals surface area contributed by atoms with Gasteiger partial charge in [-0.2, -0.15) is 0 Å². The molecule has 3 rings (SSSR count). The summed E-state index contributed by atoms with van der Waals surface area (Å²) in [7, 11) is 0. The fraction of sp³-hybridized carbons (Fsp3) is 0.250. The Bertz CT molecular complexity index is 659. The van der Waals surface area contributed by atoms with Crippen LogP contribution in [0.4, 0.5) is 0 Å². The maximum atomic E-state index is 12.0. The molecule has 3 heterocycles. The van der Waals surface area contributed by atoms with Gasteiger partial charge in [-0.15, -0.1) is 11.8 Å². The van der Waals surface area contributed by atoms with Crippen LogP contribution in [0.15, 0.2) is 21.1 Å². The molecule has 0 bridgehead atoms. The molecule has 1 aromatic heterocycles. The van der Waals surface area contributed by atoms with Gasteiger partial charge in [-0.3, -0.25) is 9.69 Å². The van der Waals surface area contributed by atoms with E-state index in [1.165, 1.54) is 22.1 Å². The van der Waals surface area contributed by atoms with E-state index in [9.17, 15) is 9.59 Å². The zero-order valence-electron chi connectivity index (χ0n) is 10.2. The number of thioether (sulfide) groups is 1. The number of carboxylic acids is 1. The minimum absolute atomic E-state index is 0.0302. The number of aliphatic carboxylic acids is 1. The summed E-state index contributed by atoms with van der Waals surface area (Å²) in [5.74, 6) is -0.299. The Labute approximate surface area is 112 Å². The number of rotatable bonds is 2. The Balaban J connectivity index is 1.89. The second-order valence-electron chi connectivity index (χ2n) is 4.25. The van der Waals surface area contributed by atoms with E-state index in [0.717, 1.165) is 0 Å². The predicted molar refractivity (Wildman–Crippen MR) is 67.9 cm³/mol. The molecule has 7 heteroatoms. The Kier molecular flexibility index (Phi) is 2.53. The molecule has 0 saturated carbocycles. The van der Waals surface area contributed by atoms with E-state index in [1.54, 1.807) is 19.9 Å². The van der Waals surface area contributed by atoms with E-state index in [0.29, 0.717) is 22.9 Å². The van der Waals surface area contributed by atoms with Crippen LogP contribution >= 0.6 is 11.8 Å². The second kappa shape index (κ2) is 3.99. The van der Waals surface area contributed by atoms with Gasteiger partial charge in [0.15, 0.2) is 11.7 Å². The lowest BCUT2D eigenvalue weighted by Crippen LogP contribution is -2.51. The number of aromatic nitrogens is 1. The summed E-state index contributed by atoms with van der Waals surface area (Å²) in [6.45, 7) is 3.53. The molecule has 0 aliphatic carbocycles. The Morgan fingerprint density at radius 3 is 2.89 bits per heavy atom. The first kappa shape index (κ1) is 12.0. The molecule has 1 atom stereocenters. The maximum Gasteiger partial charge on any atom is 0.353 e. The first-order valence-corrected chi connectivity index (χ1v) is 6.51.